The maximum absolute atomic E-state index is 12.2. The summed E-state index contributed by atoms with van der Waals surface area (Å²) in [6.07, 6.45) is -5.26. The molecule has 6 unspecified atom stereocenters. The lowest BCUT2D eigenvalue weighted by Gasteiger charge is -2.24. The van der Waals surface area contributed by atoms with Gasteiger partial charge in [0.1, 0.15) is 12.0 Å². The van der Waals surface area contributed by atoms with Gasteiger partial charge < -0.3 is 25.4 Å². The van der Waals surface area contributed by atoms with Crippen LogP contribution in [-0.4, -0.2) is 64.4 Å². The number of ether oxygens (including phenoxy) is 1. The molecule has 1 aliphatic heterocycles. The van der Waals surface area contributed by atoms with Crippen molar-refractivity contribution in [1.29, 1.82) is 0 Å². The zero-order valence-electron chi connectivity index (χ0n) is 15.2. The van der Waals surface area contributed by atoms with Crippen LogP contribution in [-0.2, 0) is 25.6 Å². The molecule has 6 atom stereocenters. The van der Waals surface area contributed by atoms with E-state index >= 15 is 0 Å². The van der Waals surface area contributed by atoms with Crippen LogP contribution in [0.5, 0.6) is 0 Å². The van der Waals surface area contributed by atoms with Crippen LogP contribution in [0.4, 0.5) is 0 Å². The van der Waals surface area contributed by atoms with Crippen LogP contribution in [0.2, 0.25) is 0 Å². The van der Waals surface area contributed by atoms with Gasteiger partial charge in [-0.05, 0) is 25.8 Å². The van der Waals surface area contributed by atoms with Crippen molar-refractivity contribution in [2.45, 2.75) is 50.8 Å². The van der Waals surface area contributed by atoms with E-state index in [0.717, 1.165) is 5.56 Å². The Kier molecular flexibility index (Phi) is 7.69. The van der Waals surface area contributed by atoms with Gasteiger partial charge in [0.2, 0.25) is 0 Å². The zero-order valence-corrected chi connectivity index (χ0v) is 15.2. The molecule has 0 saturated carbocycles. The van der Waals surface area contributed by atoms with Crippen molar-refractivity contribution < 1.29 is 34.5 Å². The van der Waals surface area contributed by atoms with Crippen molar-refractivity contribution in [2.75, 3.05) is 6.61 Å². The minimum absolute atomic E-state index is 0.172. The number of amides is 1. The first-order valence-electron chi connectivity index (χ1n) is 8.76. The number of hydrogen-bond donors (Lipinski definition) is 5. The Morgan fingerprint density at radius 2 is 1.89 bits per heavy atom. The van der Waals surface area contributed by atoms with E-state index in [0.29, 0.717) is 6.42 Å². The molecule has 0 spiro atoms. The maximum Gasteiger partial charge on any atom is 0.314 e. The van der Waals surface area contributed by atoms with Crippen molar-refractivity contribution in [3.05, 3.63) is 35.9 Å². The Hall–Kier alpha value is -2.04. The van der Waals surface area contributed by atoms with Gasteiger partial charge in [-0.15, -0.1) is 0 Å². The molecule has 0 aromatic heterocycles. The number of nitrogens with one attached hydrogen (secondary N) is 2. The first-order valence-corrected chi connectivity index (χ1v) is 8.76. The minimum atomic E-state index is -1.64. The number of aliphatic hydroxyl groups excluding tert-OH is 3. The molecule has 1 heterocycles. The van der Waals surface area contributed by atoms with E-state index in [-0.39, 0.29) is 12.6 Å². The molecule has 2 rings (SSSR count). The highest BCUT2D eigenvalue weighted by Crippen LogP contribution is 2.17. The van der Waals surface area contributed by atoms with Crippen LogP contribution >= 0.6 is 0 Å². The number of hydrogen-bond acceptors (Lipinski definition) is 8. The highest BCUT2D eigenvalue weighted by Gasteiger charge is 2.40. The molecule has 1 aromatic carbocycles. The van der Waals surface area contributed by atoms with Crippen LogP contribution in [0.3, 0.4) is 0 Å². The Balaban J connectivity index is 1.86. The molecule has 9 heteroatoms. The van der Waals surface area contributed by atoms with Crippen molar-refractivity contribution in [1.82, 2.24) is 10.8 Å². The van der Waals surface area contributed by atoms with Gasteiger partial charge in [-0.2, -0.15) is 5.48 Å². The Morgan fingerprint density at radius 3 is 2.56 bits per heavy atom. The first-order chi connectivity index (χ1) is 12.8. The number of carbonyl (C=O) groups excluding carboxylic acids is 2. The summed E-state index contributed by atoms with van der Waals surface area (Å²) in [5.74, 6) is -2.63. The van der Waals surface area contributed by atoms with Gasteiger partial charge in [-0.1, -0.05) is 30.3 Å². The van der Waals surface area contributed by atoms with Gasteiger partial charge in [0.25, 0.3) is 5.91 Å². The van der Waals surface area contributed by atoms with Gasteiger partial charge in [-0.25, -0.2) is 0 Å². The molecule has 1 aliphatic rings. The van der Waals surface area contributed by atoms with E-state index in [1.807, 2.05) is 37.3 Å². The van der Waals surface area contributed by atoms with Crippen LogP contribution in [0.25, 0.3) is 0 Å². The largest absolute Gasteiger partial charge is 0.452 e. The summed E-state index contributed by atoms with van der Waals surface area (Å²) in [5.41, 5.74) is 3.16. The van der Waals surface area contributed by atoms with Crippen LogP contribution in [0.1, 0.15) is 19.4 Å². The quantitative estimate of drug-likeness (QED) is 0.389. The summed E-state index contributed by atoms with van der Waals surface area (Å²) in [6, 6.07) is 9.46. The van der Waals surface area contributed by atoms with E-state index in [2.05, 4.69) is 10.8 Å². The Morgan fingerprint density at radius 1 is 1.22 bits per heavy atom. The normalized spacial score (nSPS) is 27.9. The molecule has 1 amide bonds. The summed E-state index contributed by atoms with van der Waals surface area (Å²) >= 11 is 0. The highest BCUT2D eigenvalue weighted by molar-refractivity contribution is 5.84. The fourth-order valence-corrected chi connectivity index (χ4v) is 2.72. The number of hydroxylamine groups is 1. The van der Waals surface area contributed by atoms with Crippen molar-refractivity contribution in [2.24, 2.45) is 5.92 Å². The number of esters is 1. The van der Waals surface area contributed by atoms with Gasteiger partial charge in [0.05, 0.1) is 12.7 Å². The second-order valence-corrected chi connectivity index (χ2v) is 6.64. The molecular weight excluding hydrogens is 356 g/mol. The molecule has 9 nitrogen and oxygen atoms in total. The molecule has 1 aromatic rings. The lowest BCUT2D eigenvalue weighted by atomic mass is 9.98. The van der Waals surface area contributed by atoms with Crippen molar-refractivity contribution in [3.8, 4) is 0 Å². The SMILES string of the molecule is CC(Cc1ccccc1)NC(=O)C(C)OC(=O)C1CONC(O)C(O)C1O. The first kappa shape index (κ1) is 21.3. The maximum atomic E-state index is 12.2. The number of carbonyl (C=O) groups is 2. The summed E-state index contributed by atoms with van der Waals surface area (Å²) in [7, 11) is 0. The third-order valence-corrected chi connectivity index (χ3v) is 4.29. The Labute approximate surface area is 157 Å². The summed E-state index contributed by atoms with van der Waals surface area (Å²) in [5, 5.41) is 31.9. The molecule has 0 aliphatic carbocycles. The van der Waals surface area contributed by atoms with Crippen LogP contribution in [0, 0.1) is 5.92 Å². The molecule has 0 radical (unpaired) electrons. The molecule has 5 N–H and O–H groups in total. The topological polar surface area (TPSA) is 137 Å². The summed E-state index contributed by atoms with van der Waals surface area (Å²) in [4.78, 5) is 29.3. The van der Waals surface area contributed by atoms with Gasteiger partial charge >= 0.3 is 5.97 Å². The van der Waals surface area contributed by atoms with Crippen molar-refractivity contribution >= 4 is 11.9 Å². The van der Waals surface area contributed by atoms with Crippen LogP contribution < -0.4 is 10.8 Å². The fourth-order valence-electron chi connectivity index (χ4n) is 2.72. The lowest BCUT2D eigenvalue weighted by molar-refractivity contribution is -0.166. The molecule has 150 valence electrons. The molecule has 1 saturated heterocycles. The van der Waals surface area contributed by atoms with Crippen LogP contribution in [0.15, 0.2) is 30.3 Å². The second kappa shape index (κ2) is 9.77. The molecule has 0 bridgehead atoms. The van der Waals surface area contributed by atoms with Crippen molar-refractivity contribution in [3.63, 3.8) is 0 Å². The zero-order chi connectivity index (χ0) is 20.0. The minimum Gasteiger partial charge on any atom is -0.452 e. The van der Waals surface area contributed by atoms with Gasteiger partial charge in [0.15, 0.2) is 12.3 Å². The molecule has 1 fully saturated rings. The van der Waals surface area contributed by atoms with Gasteiger partial charge in [-0.3, -0.25) is 14.4 Å². The molecule has 27 heavy (non-hydrogen) atoms. The average Bonchev–Trinajstić information content (AvgIpc) is 2.75. The third-order valence-electron chi connectivity index (χ3n) is 4.29. The highest BCUT2D eigenvalue weighted by atomic mass is 16.7. The van der Waals surface area contributed by atoms with E-state index in [1.54, 1.807) is 0 Å². The lowest BCUT2D eigenvalue weighted by Crippen LogP contribution is -2.48. The predicted octanol–water partition coefficient (Wildman–Crippen LogP) is -1.14. The predicted molar refractivity (Wildman–Crippen MR) is 93.9 cm³/mol. The third kappa shape index (κ3) is 5.98. The van der Waals surface area contributed by atoms with E-state index in [9.17, 15) is 24.9 Å². The average molecular weight is 382 g/mol. The summed E-state index contributed by atoms with van der Waals surface area (Å²) in [6.45, 7) is 2.93. The number of rotatable bonds is 6. The fraction of sp³-hybridized carbons (Fsp3) is 0.556. The summed E-state index contributed by atoms with van der Waals surface area (Å²) < 4.78 is 5.10. The Bertz CT molecular complexity index is 627. The van der Waals surface area contributed by atoms with E-state index in [1.165, 1.54) is 6.92 Å². The smallest absolute Gasteiger partial charge is 0.314 e. The second-order valence-electron chi connectivity index (χ2n) is 6.64. The van der Waals surface area contributed by atoms with Gasteiger partial charge in [0, 0.05) is 6.04 Å². The monoisotopic (exact) mass is 382 g/mol. The molecular formula is C18H26N2O7. The number of benzene rings is 1. The standard InChI is InChI=1S/C18H26N2O7/c1-10(8-12-6-4-3-5-7-12)19-16(23)11(2)27-18(25)13-9-26-20-17(24)15(22)14(13)21/h3-7,10-11,13-15,17,20-22,24H,8-9H2,1-2H3,(H,19,23). The number of aliphatic hydroxyl groups is 3. The van der Waals surface area contributed by atoms with E-state index in [4.69, 9.17) is 9.57 Å². The van der Waals surface area contributed by atoms with E-state index < -0.39 is 42.3 Å².